The quantitative estimate of drug-likeness (QED) is 0.706. The second kappa shape index (κ2) is 4.01. The van der Waals surface area contributed by atoms with Gasteiger partial charge < -0.3 is 5.73 Å². The van der Waals surface area contributed by atoms with E-state index in [0.29, 0.717) is 5.82 Å². The Kier molecular flexibility index (Phi) is 2.55. The summed E-state index contributed by atoms with van der Waals surface area (Å²) in [4.78, 5) is 14.7. The van der Waals surface area contributed by atoms with Gasteiger partial charge in [0.15, 0.2) is 0 Å². The van der Waals surface area contributed by atoms with Crippen LogP contribution in [0.15, 0.2) is 24.4 Å². The molecule has 82 valence electrons. The first kappa shape index (κ1) is 10.2. The number of nitrogens with two attached hydrogens (primary N) is 1. The summed E-state index contributed by atoms with van der Waals surface area (Å²) in [6, 6.07) is 4.84. The highest BCUT2D eigenvalue weighted by atomic mass is 16.2. The number of pyridine rings is 1. The minimum absolute atomic E-state index is 0.469. The number of hydrogen-bond donors (Lipinski definition) is 3. The molecule has 2 aromatic rings. The lowest BCUT2D eigenvalue weighted by molar-refractivity contribution is 0.259. The number of rotatable bonds is 2. The van der Waals surface area contributed by atoms with Gasteiger partial charge in [-0.2, -0.15) is 5.10 Å². The fraction of sp³-hybridized carbons (Fsp3) is 0.100. The molecule has 0 aromatic carbocycles. The van der Waals surface area contributed by atoms with Crippen molar-refractivity contribution in [1.82, 2.24) is 15.2 Å². The molecule has 0 aliphatic rings. The molecule has 0 atom stereocenters. The summed E-state index contributed by atoms with van der Waals surface area (Å²) in [7, 11) is 0. The number of H-pyrrole nitrogens is 1. The van der Waals surface area contributed by atoms with E-state index in [1.165, 1.54) is 0 Å². The van der Waals surface area contributed by atoms with Crippen LogP contribution in [-0.4, -0.2) is 21.2 Å². The lowest BCUT2D eigenvalue weighted by Crippen LogP contribution is -2.19. The van der Waals surface area contributed by atoms with Crippen molar-refractivity contribution in [2.75, 3.05) is 5.32 Å². The molecule has 2 rings (SSSR count). The summed E-state index contributed by atoms with van der Waals surface area (Å²) in [6.07, 6.45) is 1.71. The van der Waals surface area contributed by atoms with Gasteiger partial charge in [0.2, 0.25) is 0 Å². The van der Waals surface area contributed by atoms with E-state index in [2.05, 4.69) is 20.5 Å². The van der Waals surface area contributed by atoms with Crippen molar-refractivity contribution in [3.63, 3.8) is 0 Å². The highest BCUT2D eigenvalue weighted by Crippen LogP contribution is 2.19. The van der Waals surface area contributed by atoms with Crippen LogP contribution in [0, 0.1) is 6.92 Å². The number of nitrogens with one attached hydrogen (secondary N) is 2. The van der Waals surface area contributed by atoms with Crippen LogP contribution in [0.4, 0.5) is 10.6 Å². The van der Waals surface area contributed by atoms with Gasteiger partial charge in [0.05, 0.1) is 5.69 Å². The van der Waals surface area contributed by atoms with Crippen LogP contribution in [-0.2, 0) is 0 Å². The van der Waals surface area contributed by atoms with Gasteiger partial charge in [0, 0.05) is 23.5 Å². The molecule has 16 heavy (non-hydrogen) atoms. The maximum Gasteiger partial charge on any atom is 0.317 e. The van der Waals surface area contributed by atoms with Crippen molar-refractivity contribution < 1.29 is 4.79 Å². The average molecular weight is 217 g/mol. The van der Waals surface area contributed by atoms with Crippen molar-refractivity contribution >= 4 is 11.8 Å². The second-order valence-corrected chi connectivity index (χ2v) is 3.34. The second-order valence-electron chi connectivity index (χ2n) is 3.34. The van der Waals surface area contributed by atoms with E-state index in [0.717, 1.165) is 17.0 Å². The van der Waals surface area contributed by atoms with Crippen LogP contribution in [0.5, 0.6) is 0 Å². The lowest BCUT2D eigenvalue weighted by atomic mass is 10.2. The summed E-state index contributed by atoms with van der Waals surface area (Å²) < 4.78 is 0. The normalized spacial score (nSPS) is 10.1. The predicted molar refractivity (Wildman–Crippen MR) is 59.8 cm³/mol. The van der Waals surface area contributed by atoms with E-state index in [1.54, 1.807) is 12.3 Å². The van der Waals surface area contributed by atoms with Crippen LogP contribution in [0.3, 0.4) is 0 Å². The van der Waals surface area contributed by atoms with Crippen molar-refractivity contribution in [1.29, 1.82) is 0 Å². The summed E-state index contributed by atoms with van der Waals surface area (Å²) in [5, 5.41) is 9.14. The van der Waals surface area contributed by atoms with Crippen LogP contribution in [0.2, 0.25) is 0 Å². The van der Waals surface area contributed by atoms with Crippen LogP contribution < -0.4 is 11.1 Å². The Hall–Kier alpha value is -2.37. The summed E-state index contributed by atoms with van der Waals surface area (Å²) in [6.45, 7) is 1.90. The number of aryl methyl sites for hydroxylation is 1. The predicted octanol–water partition coefficient (Wildman–Crippen LogP) is 1.27. The molecule has 2 heterocycles. The van der Waals surface area contributed by atoms with Crippen molar-refractivity contribution in [2.24, 2.45) is 5.73 Å². The van der Waals surface area contributed by atoms with E-state index in [1.807, 2.05) is 19.1 Å². The molecule has 0 saturated carbocycles. The number of nitrogens with zero attached hydrogens (tertiary/aromatic N) is 2. The number of aromatic amines is 1. The molecule has 0 fully saturated rings. The fourth-order valence-corrected chi connectivity index (χ4v) is 1.37. The van der Waals surface area contributed by atoms with Gasteiger partial charge in [-0.3, -0.25) is 15.4 Å². The summed E-state index contributed by atoms with van der Waals surface area (Å²) in [5.74, 6) is 0.469. The van der Waals surface area contributed by atoms with Gasteiger partial charge in [0.25, 0.3) is 0 Å². The molecule has 0 spiro atoms. The molecule has 2 amide bonds. The first-order chi connectivity index (χ1) is 7.65. The van der Waals surface area contributed by atoms with Gasteiger partial charge in [0.1, 0.15) is 5.82 Å². The van der Waals surface area contributed by atoms with E-state index in [4.69, 9.17) is 5.73 Å². The van der Waals surface area contributed by atoms with Gasteiger partial charge >= 0.3 is 6.03 Å². The third-order valence-electron chi connectivity index (χ3n) is 2.03. The van der Waals surface area contributed by atoms with Crippen LogP contribution >= 0.6 is 0 Å². The zero-order valence-corrected chi connectivity index (χ0v) is 8.69. The highest BCUT2D eigenvalue weighted by molar-refractivity contribution is 5.87. The van der Waals surface area contributed by atoms with Gasteiger partial charge in [-0.1, -0.05) is 0 Å². The van der Waals surface area contributed by atoms with Gasteiger partial charge in [-0.25, -0.2) is 4.79 Å². The molecule has 0 aliphatic heterocycles. The third-order valence-corrected chi connectivity index (χ3v) is 2.03. The SMILES string of the molecule is Cc1cc(-c2cc(NC(N)=O)[nH]n2)ccn1. The van der Waals surface area contributed by atoms with E-state index in [-0.39, 0.29) is 0 Å². The Bertz CT molecular complexity index is 519. The zero-order chi connectivity index (χ0) is 11.5. The van der Waals surface area contributed by atoms with E-state index in [9.17, 15) is 4.79 Å². The Labute approximate surface area is 91.9 Å². The van der Waals surface area contributed by atoms with Gasteiger partial charge in [-0.05, 0) is 19.1 Å². The average Bonchev–Trinajstić information content (AvgIpc) is 2.65. The van der Waals surface area contributed by atoms with E-state index >= 15 is 0 Å². The van der Waals surface area contributed by atoms with Gasteiger partial charge in [-0.15, -0.1) is 0 Å². The van der Waals surface area contributed by atoms with Crippen molar-refractivity contribution in [3.8, 4) is 11.3 Å². The number of anilines is 1. The Morgan fingerprint density at radius 2 is 2.31 bits per heavy atom. The van der Waals surface area contributed by atoms with Crippen LogP contribution in [0.25, 0.3) is 11.3 Å². The Morgan fingerprint density at radius 3 is 3.00 bits per heavy atom. The minimum atomic E-state index is -0.624. The maximum absolute atomic E-state index is 10.6. The first-order valence-corrected chi connectivity index (χ1v) is 4.70. The molecule has 0 bridgehead atoms. The highest BCUT2D eigenvalue weighted by Gasteiger charge is 2.05. The molecule has 6 heteroatoms. The lowest BCUT2D eigenvalue weighted by Gasteiger charge is -1.96. The number of primary amides is 1. The van der Waals surface area contributed by atoms with Crippen molar-refractivity contribution in [3.05, 3.63) is 30.1 Å². The number of aromatic nitrogens is 3. The smallest absolute Gasteiger partial charge is 0.317 e. The number of hydrogen-bond acceptors (Lipinski definition) is 3. The summed E-state index contributed by atoms with van der Waals surface area (Å²) >= 11 is 0. The fourth-order valence-electron chi connectivity index (χ4n) is 1.37. The topological polar surface area (TPSA) is 96.7 Å². The number of amides is 2. The standard InChI is InChI=1S/C10H11N5O/c1-6-4-7(2-3-12-6)8-5-9(15-14-8)13-10(11)16/h2-5H,1H3,(H4,11,13,14,15,16). The number of carbonyl (C=O) groups excluding carboxylic acids is 1. The monoisotopic (exact) mass is 217 g/mol. The molecule has 0 unspecified atom stereocenters. The first-order valence-electron chi connectivity index (χ1n) is 4.70. The molecule has 0 aliphatic carbocycles. The van der Waals surface area contributed by atoms with Crippen LogP contribution in [0.1, 0.15) is 5.69 Å². The number of carbonyl (C=O) groups is 1. The molecule has 2 aromatic heterocycles. The minimum Gasteiger partial charge on any atom is -0.351 e. The molecular formula is C10H11N5O. The zero-order valence-electron chi connectivity index (χ0n) is 8.69. The Morgan fingerprint density at radius 1 is 1.50 bits per heavy atom. The Balaban J connectivity index is 2.28. The molecule has 4 N–H and O–H groups in total. The molecular weight excluding hydrogens is 206 g/mol. The maximum atomic E-state index is 10.6. The number of urea groups is 1. The van der Waals surface area contributed by atoms with E-state index < -0.39 is 6.03 Å². The summed E-state index contributed by atoms with van der Waals surface area (Å²) in [5.41, 5.74) is 7.56. The molecule has 0 saturated heterocycles. The molecule has 0 radical (unpaired) electrons. The largest absolute Gasteiger partial charge is 0.351 e. The third kappa shape index (κ3) is 2.17. The molecule has 6 nitrogen and oxygen atoms in total. The van der Waals surface area contributed by atoms with Crippen molar-refractivity contribution in [2.45, 2.75) is 6.92 Å².